The molecule has 1 unspecified atom stereocenters. The number of hydrogen-bond acceptors (Lipinski definition) is 3. The summed E-state index contributed by atoms with van der Waals surface area (Å²) in [5.41, 5.74) is 2.82. The number of hydrogen-bond donors (Lipinski definition) is 2. The van der Waals surface area contributed by atoms with E-state index in [1.807, 2.05) is 44.2 Å². The Morgan fingerprint density at radius 1 is 1.30 bits per heavy atom. The summed E-state index contributed by atoms with van der Waals surface area (Å²) in [4.78, 5) is 16.6. The molecule has 4 nitrogen and oxygen atoms in total. The van der Waals surface area contributed by atoms with Crippen LogP contribution in [-0.2, 0) is 4.79 Å². The molecule has 0 radical (unpaired) electrons. The summed E-state index contributed by atoms with van der Waals surface area (Å²) in [6, 6.07) is 11.1. The first-order valence-electron chi connectivity index (χ1n) is 8.01. The molecule has 1 aromatic heterocycles. The van der Waals surface area contributed by atoms with Crippen LogP contribution < -0.4 is 5.32 Å². The first-order chi connectivity index (χ1) is 11.0. The summed E-state index contributed by atoms with van der Waals surface area (Å²) < 4.78 is 0. The Hall–Kier alpha value is -2.20. The molecular weight excluding hydrogens is 288 g/mol. The number of benzene rings is 1. The van der Waals surface area contributed by atoms with Crippen molar-refractivity contribution < 1.29 is 9.90 Å². The Balaban J connectivity index is 1.83. The number of carbonyl (C=O) groups excluding carboxylic acids is 1. The number of carbonyl (C=O) groups is 1. The minimum Gasteiger partial charge on any atom is -0.382 e. The van der Waals surface area contributed by atoms with E-state index >= 15 is 0 Å². The van der Waals surface area contributed by atoms with Crippen molar-refractivity contribution >= 4 is 11.6 Å². The monoisotopic (exact) mass is 310 g/mol. The summed E-state index contributed by atoms with van der Waals surface area (Å²) in [5.74, 6) is 0.0660. The van der Waals surface area contributed by atoms with E-state index in [4.69, 9.17) is 0 Å². The van der Waals surface area contributed by atoms with Crippen molar-refractivity contribution in [2.75, 3.05) is 5.32 Å². The first-order valence-corrected chi connectivity index (χ1v) is 8.01. The molecule has 1 saturated carbocycles. The fraction of sp³-hybridized carbons (Fsp3) is 0.368. The van der Waals surface area contributed by atoms with E-state index in [9.17, 15) is 9.90 Å². The molecule has 2 N–H and O–H groups in total. The molecule has 120 valence electrons. The molecule has 1 heterocycles. The van der Waals surface area contributed by atoms with E-state index in [1.165, 1.54) is 0 Å². The highest BCUT2D eigenvalue weighted by molar-refractivity contribution is 5.96. The van der Waals surface area contributed by atoms with Crippen molar-refractivity contribution in [1.82, 2.24) is 4.98 Å². The van der Waals surface area contributed by atoms with Crippen molar-refractivity contribution in [3.05, 3.63) is 59.4 Å². The van der Waals surface area contributed by atoms with Crippen LogP contribution in [0.15, 0.2) is 42.6 Å². The van der Waals surface area contributed by atoms with Gasteiger partial charge in [0.25, 0.3) is 0 Å². The second kappa shape index (κ2) is 6.13. The number of aliphatic hydroxyl groups excluding tert-OH is 1. The topological polar surface area (TPSA) is 62.2 Å². The van der Waals surface area contributed by atoms with Crippen LogP contribution in [0.1, 0.15) is 49.1 Å². The van der Waals surface area contributed by atoms with E-state index in [0.717, 1.165) is 36.1 Å². The second-order valence-corrected chi connectivity index (χ2v) is 6.60. The Morgan fingerprint density at radius 2 is 2.09 bits per heavy atom. The van der Waals surface area contributed by atoms with Gasteiger partial charge in [-0.05, 0) is 49.1 Å². The number of pyridine rings is 1. The maximum atomic E-state index is 12.4. The molecule has 1 aliphatic carbocycles. The van der Waals surface area contributed by atoms with Crippen molar-refractivity contribution in [2.24, 2.45) is 5.41 Å². The predicted octanol–water partition coefficient (Wildman–Crippen LogP) is 3.60. The molecule has 2 aromatic rings. The van der Waals surface area contributed by atoms with Gasteiger partial charge in [-0.2, -0.15) is 0 Å². The average Bonchev–Trinajstić information content (AvgIpc) is 2.54. The summed E-state index contributed by atoms with van der Waals surface area (Å²) in [6.07, 6.45) is 3.85. The van der Waals surface area contributed by atoms with Crippen molar-refractivity contribution in [3.8, 4) is 0 Å². The molecule has 4 heteroatoms. The number of aromatic nitrogens is 1. The lowest BCUT2D eigenvalue weighted by molar-refractivity contribution is -0.128. The molecule has 1 fully saturated rings. The molecule has 0 aliphatic heterocycles. The number of rotatable bonds is 4. The van der Waals surface area contributed by atoms with Gasteiger partial charge in [-0.15, -0.1) is 0 Å². The summed E-state index contributed by atoms with van der Waals surface area (Å²) in [5, 5.41) is 13.5. The highest BCUT2D eigenvalue weighted by Gasteiger charge is 2.39. The van der Waals surface area contributed by atoms with Gasteiger partial charge in [-0.1, -0.05) is 31.5 Å². The Labute approximate surface area is 136 Å². The molecule has 0 saturated heterocycles. The molecule has 1 amide bonds. The van der Waals surface area contributed by atoms with E-state index in [2.05, 4.69) is 10.3 Å². The minimum atomic E-state index is -0.799. The van der Waals surface area contributed by atoms with E-state index in [-0.39, 0.29) is 11.3 Å². The summed E-state index contributed by atoms with van der Waals surface area (Å²) in [6.45, 7) is 3.96. The van der Waals surface area contributed by atoms with Gasteiger partial charge in [0.2, 0.25) is 5.91 Å². The van der Waals surface area contributed by atoms with Gasteiger partial charge in [0.05, 0.1) is 5.69 Å². The van der Waals surface area contributed by atoms with Crippen LogP contribution in [0.5, 0.6) is 0 Å². The van der Waals surface area contributed by atoms with Crippen LogP contribution >= 0.6 is 0 Å². The van der Waals surface area contributed by atoms with Gasteiger partial charge in [0.1, 0.15) is 6.10 Å². The van der Waals surface area contributed by atoms with Gasteiger partial charge in [0.15, 0.2) is 0 Å². The maximum Gasteiger partial charge on any atom is 0.230 e. The van der Waals surface area contributed by atoms with E-state index in [0.29, 0.717) is 5.69 Å². The van der Waals surface area contributed by atoms with Crippen LogP contribution in [-0.4, -0.2) is 16.0 Å². The molecule has 0 spiro atoms. The van der Waals surface area contributed by atoms with Gasteiger partial charge in [0, 0.05) is 17.3 Å². The quantitative estimate of drug-likeness (QED) is 0.907. The number of anilines is 1. The van der Waals surface area contributed by atoms with Crippen LogP contribution in [0.3, 0.4) is 0 Å². The highest BCUT2D eigenvalue weighted by Crippen LogP contribution is 2.41. The minimum absolute atomic E-state index is 0.0660. The number of aryl methyl sites for hydroxylation is 1. The molecule has 0 bridgehead atoms. The Kier molecular flexibility index (Phi) is 4.18. The number of aliphatic hydroxyl groups is 1. The number of nitrogens with zero attached hydrogens (tertiary/aromatic N) is 1. The fourth-order valence-electron chi connectivity index (χ4n) is 2.86. The van der Waals surface area contributed by atoms with Crippen molar-refractivity contribution in [1.29, 1.82) is 0 Å². The lowest BCUT2D eigenvalue weighted by Crippen LogP contribution is -2.39. The zero-order chi connectivity index (χ0) is 16.4. The smallest absolute Gasteiger partial charge is 0.230 e. The molecule has 3 rings (SSSR count). The largest absolute Gasteiger partial charge is 0.382 e. The zero-order valence-electron chi connectivity index (χ0n) is 13.5. The van der Waals surface area contributed by atoms with Crippen LogP contribution in [0.2, 0.25) is 0 Å². The normalized spacial score (nSPS) is 17.2. The standard InChI is InChI=1S/C19H22N2O2/c1-13-7-8-14(17(22)15-6-3-4-11-20-15)12-16(13)21-18(23)19(2)9-5-10-19/h3-4,6-8,11-12,17,22H,5,9-10H2,1-2H3,(H,21,23). The Morgan fingerprint density at radius 3 is 2.70 bits per heavy atom. The number of amides is 1. The lowest BCUT2D eigenvalue weighted by Gasteiger charge is -2.36. The molecule has 23 heavy (non-hydrogen) atoms. The zero-order valence-corrected chi connectivity index (χ0v) is 13.5. The maximum absolute atomic E-state index is 12.4. The fourth-order valence-corrected chi connectivity index (χ4v) is 2.86. The highest BCUT2D eigenvalue weighted by atomic mass is 16.3. The molecular formula is C19H22N2O2. The van der Waals surface area contributed by atoms with Gasteiger partial charge in [-0.25, -0.2) is 0 Å². The SMILES string of the molecule is Cc1ccc(C(O)c2ccccn2)cc1NC(=O)C1(C)CCC1. The third-order valence-corrected chi connectivity index (χ3v) is 4.80. The summed E-state index contributed by atoms with van der Waals surface area (Å²) in [7, 11) is 0. The number of nitrogens with one attached hydrogen (secondary N) is 1. The second-order valence-electron chi connectivity index (χ2n) is 6.60. The molecule has 1 aromatic carbocycles. The van der Waals surface area contributed by atoms with Crippen LogP contribution in [0, 0.1) is 12.3 Å². The van der Waals surface area contributed by atoms with Gasteiger partial charge in [-0.3, -0.25) is 9.78 Å². The van der Waals surface area contributed by atoms with Crippen molar-refractivity contribution in [3.63, 3.8) is 0 Å². The first kappa shape index (κ1) is 15.7. The lowest BCUT2D eigenvalue weighted by atomic mass is 9.70. The molecule has 1 atom stereocenters. The van der Waals surface area contributed by atoms with Crippen LogP contribution in [0.25, 0.3) is 0 Å². The van der Waals surface area contributed by atoms with Gasteiger partial charge >= 0.3 is 0 Å². The third kappa shape index (κ3) is 3.13. The molecule has 1 aliphatic rings. The van der Waals surface area contributed by atoms with Gasteiger partial charge < -0.3 is 10.4 Å². The summed E-state index contributed by atoms with van der Waals surface area (Å²) >= 11 is 0. The van der Waals surface area contributed by atoms with Crippen molar-refractivity contribution in [2.45, 2.75) is 39.2 Å². The van der Waals surface area contributed by atoms with E-state index in [1.54, 1.807) is 12.3 Å². The van der Waals surface area contributed by atoms with Crippen LogP contribution in [0.4, 0.5) is 5.69 Å². The average molecular weight is 310 g/mol. The Bertz CT molecular complexity index is 709. The van der Waals surface area contributed by atoms with E-state index < -0.39 is 6.10 Å². The predicted molar refractivity (Wildman–Crippen MR) is 90.1 cm³/mol. The third-order valence-electron chi connectivity index (χ3n) is 4.80.